The van der Waals surface area contributed by atoms with Gasteiger partial charge in [0.05, 0.1) is 11.5 Å². The van der Waals surface area contributed by atoms with E-state index in [0.29, 0.717) is 24.6 Å². The van der Waals surface area contributed by atoms with Crippen molar-refractivity contribution in [1.29, 1.82) is 0 Å². The van der Waals surface area contributed by atoms with E-state index in [4.69, 9.17) is 10.2 Å². The Labute approximate surface area is 236 Å². The van der Waals surface area contributed by atoms with Gasteiger partial charge in [0.25, 0.3) is 11.8 Å². The first-order valence-electron chi connectivity index (χ1n) is 14.1. The Balaban J connectivity index is 3.58. The van der Waals surface area contributed by atoms with Gasteiger partial charge in [-0.05, 0) is 25.7 Å². The number of amides is 2. The van der Waals surface area contributed by atoms with E-state index in [1.807, 2.05) is 0 Å². The number of hydrogen-bond acceptors (Lipinski definition) is 6. The second-order valence-corrected chi connectivity index (χ2v) is 12.3. The fourth-order valence-corrected chi connectivity index (χ4v) is 6.08. The van der Waals surface area contributed by atoms with Gasteiger partial charge in [-0.2, -0.15) is 0 Å². The van der Waals surface area contributed by atoms with E-state index in [9.17, 15) is 19.2 Å². The minimum Gasteiger partial charge on any atom is -0.481 e. The number of carboxylic acid groups (broad SMARTS) is 2. The van der Waals surface area contributed by atoms with Crippen LogP contribution in [0.4, 0.5) is 0 Å². The molecule has 0 saturated heterocycles. The maximum atomic E-state index is 12.2. The molecule has 0 spiro atoms. The number of rotatable bonds is 27. The molecule has 0 saturated carbocycles. The van der Waals surface area contributed by atoms with Gasteiger partial charge in [-0.3, -0.25) is 19.2 Å². The highest BCUT2D eigenvalue weighted by Crippen LogP contribution is 2.21. The van der Waals surface area contributed by atoms with E-state index in [1.165, 1.54) is 0 Å². The van der Waals surface area contributed by atoms with Crippen LogP contribution in [-0.2, 0) is 19.2 Å². The summed E-state index contributed by atoms with van der Waals surface area (Å²) in [5, 5.41) is 23.1. The van der Waals surface area contributed by atoms with Gasteiger partial charge in [-0.1, -0.05) is 85.8 Å². The standard InChI is InChI=1S/C26H50N4O6S2/c27-21(25(35)29-17-13-9-5-1-3-7-11-15-23(31)32)19-37-38-20-22(28)26(36)30-18-14-10-6-2-4-8-12-16-24(33)34/h21-22H,1-20,27-28H2,(H,29,35)(H,30,36)(H,31,32)(H,33,34)/p+2. The van der Waals surface area contributed by atoms with Gasteiger partial charge in [0.15, 0.2) is 12.1 Å². The Bertz CT molecular complexity index is 603. The van der Waals surface area contributed by atoms with Gasteiger partial charge in [-0.15, -0.1) is 0 Å². The van der Waals surface area contributed by atoms with Gasteiger partial charge in [0.2, 0.25) is 0 Å². The number of aliphatic carboxylic acids is 2. The zero-order valence-corrected chi connectivity index (χ0v) is 24.7. The number of hydrogen-bond donors (Lipinski definition) is 6. The summed E-state index contributed by atoms with van der Waals surface area (Å²) in [4.78, 5) is 45.3. The minimum atomic E-state index is -0.727. The molecule has 0 aliphatic rings. The Morgan fingerprint density at radius 1 is 0.526 bits per heavy atom. The van der Waals surface area contributed by atoms with Crippen LogP contribution in [0.2, 0.25) is 0 Å². The monoisotopic (exact) mass is 580 g/mol. The van der Waals surface area contributed by atoms with E-state index >= 15 is 0 Å². The predicted octanol–water partition coefficient (Wildman–Crippen LogP) is 2.23. The molecule has 0 rings (SSSR count). The predicted molar refractivity (Wildman–Crippen MR) is 153 cm³/mol. The zero-order chi connectivity index (χ0) is 28.4. The summed E-state index contributed by atoms with van der Waals surface area (Å²) in [7, 11) is 3.08. The van der Waals surface area contributed by atoms with Crippen LogP contribution in [0.15, 0.2) is 0 Å². The number of carboxylic acids is 2. The largest absolute Gasteiger partial charge is 0.481 e. The molecule has 0 radical (unpaired) electrons. The van der Waals surface area contributed by atoms with Crippen LogP contribution in [0.1, 0.15) is 103 Å². The van der Waals surface area contributed by atoms with Crippen molar-refractivity contribution in [3.05, 3.63) is 0 Å². The fourth-order valence-electron chi connectivity index (χ4n) is 3.69. The lowest BCUT2D eigenvalue weighted by atomic mass is 10.1. The topological polar surface area (TPSA) is 188 Å². The van der Waals surface area contributed by atoms with E-state index in [2.05, 4.69) is 22.1 Å². The lowest BCUT2D eigenvalue weighted by Crippen LogP contribution is -2.69. The number of quaternary nitrogens is 2. The molecule has 0 aromatic rings. The van der Waals surface area contributed by atoms with Crippen molar-refractivity contribution < 1.29 is 40.9 Å². The SMILES string of the molecule is [NH3+]C(CSSCC([NH3+])C(=O)NCCCCCCCCCC(=O)O)C(=O)NCCCCCCCCCC(=O)O. The molecule has 0 aliphatic carbocycles. The quantitative estimate of drug-likeness (QED) is 0.0630. The summed E-state index contributed by atoms with van der Waals surface area (Å²) >= 11 is 0. The molecule has 10 N–H and O–H groups in total. The van der Waals surface area contributed by atoms with Crippen molar-refractivity contribution in [2.24, 2.45) is 0 Å². The average Bonchev–Trinajstić information content (AvgIpc) is 2.87. The molecule has 0 heterocycles. The molecular weight excluding hydrogens is 528 g/mol. The first kappa shape index (κ1) is 36.5. The number of nitrogens with one attached hydrogen (secondary N) is 2. The number of carbonyl (C=O) groups is 4. The Kier molecular flexibility index (Phi) is 24.7. The lowest BCUT2D eigenvalue weighted by Gasteiger charge is -2.11. The first-order valence-corrected chi connectivity index (χ1v) is 16.6. The van der Waals surface area contributed by atoms with Crippen molar-refractivity contribution in [3.8, 4) is 0 Å². The van der Waals surface area contributed by atoms with Crippen LogP contribution in [-0.4, -0.2) is 70.6 Å². The minimum absolute atomic E-state index is 0.0454. The summed E-state index contributed by atoms with van der Waals surface area (Å²) in [5.41, 5.74) is 7.89. The van der Waals surface area contributed by atoms with Crippen LogP contribution >= 0.6 is 21.6 Å². The molecule has 2 amide bonds. The van der Waals surface area contributed by atoms with Gasteiger partial charge < -0.3 is 32.3 Å². The second kappa shape index (κ2) is 25.8. The third kappa shape index (κ3) is 24.8. The maximum absolute atomic E-state index is 12.2. The number of carbonyl (C=O) groups excluding carboxylic acids is 2. The average molecular weight is 581 g/mol. The summed E-state index contributed by atoms with van der Waals surface area (Å²) < 4.78 is 0. The molecule has 0 bridgehead atoms. The smallest absolute Gasteiger partial charge is 0.303 e. The third-order valence-electron chi connectivity index (χ3n) is 6.10. The summed E-state index contributed by atoms with van der Waals surface area (Å²) in [6.45, 7) is 1.30. The molecule has 38 heavy (non-hydrogen) atoms. The van der Waals surface area contributed by atoms with Crippen LogP contribution < -0.4 is 22.1 Å². The zero-order valence-electron chi connectivity index (χ0n) is 23.1. The molecule has 0 aromatic heterocycles. The molecule has 2 unspecified atom stereocenters. The van der Waals surface area contributed by atoms with E-state index < -0.39 is 11.9 Å². The Morgan fingerprint density at radius 2 is 0.816 bits per heavy atom. The second-order valence-electron chi connectivity index (χ2n) is 9.78. The van der Waals surface area contributed by atoms with Crippen molar-refractivity contribution in [2.45, 2.75) is 115 Å². The van der Waals surface area contributed by atoms with E-state index in [0.717, 1.165) is 89.9 Å². The first-order chi connectivity index (χ1) is 18.2. The van der Waals surface area contributed by atoms with Crippen molar-refractivity contribution in [3.63, 3.8) is 0 Å². The summed E-state index contributed by atoms with van der Waals surface area (Å²) in [5.74, 6) is -0.384. The van der Waals surface area contributed by atoms with Gasteiger partial charge >= 0.3 is 11.9 Å². The van der Waals surface area contributed by atoms with Crippen LogP contribution in [0.5, 0.6) is 0 Å². The third-order valence-corrected chi connectivity index (χ3v) is 8.66. The van der Waals surface area contributed by atoms with Crippen molar-refractivity contribution >= 4 is 45.3 Å². The van der Waals surface area contributed by atoms with Crippen LogP contribution in [0.25, 0.3) is 0 Å². The summed E-state index contributed by atoms with van der Waals surface area (Å²) in [6, 6.07) is -0.674. The highest BCUT2D eigenvalue weighted by atomic mass is 33.1. The van der Waals surface area contributed by atoms with Crippen LogP contribution in [0.3, 0.4) is 0 Å². The van der Waals surface area contributed by atoms with Crippen molar-refractivity contribution in [2.75, 3.05) is 24.6 Å². The van der Waals surface area contributed by atoms with Gasteiger partial charge in [-0.25, -0.2) is 0 Å². The Morgan fingerprint density at radius 3 is 1.13 bits per heavy atom. The Hall–Kier alpha value is -1.50. The molecule has 0 fully saturated rings. The molecular formula is C26H52N4O6S2+2. The van der Waals surface area contributed by atoms with Crippen molar-refractivity contribution in [1.82, 2.24) is 10.6 Å². The van der Waals surface area contributed by atoms with Gasteiger partial charge in [0, 0.05) is 25.9 Å². The number of unbranched alkanes of at least 4 members (excludes halogenated alkanes) is 12. The fraction of sp³-hybridized carbons (Fsp3) is 0.846. The molecule has 2 atom stereocenters. The molecule has 0 aromatic carbocycles. The van der Waals surface area contributed by atoms with Crippen LogP contribution in [0, 0.1) is 0 Å². The van der Waals surface area contributed by atoms with E-state index in [1.54, 1.807) is 21.6 Å². The molecule has 0 aliphatic heterocycles. The normalized spacial score (nSPS) is 12.6. The molecule has 10 nitrogen and oxygen atoms in total. The van der Waals surface area contributed by atoms with E-state index in [-0.39, 0.29) is 36.7 Å². The maximum Gasteiger partial charge on any atom is 0.303 e. The van der Waals surface area contributed by atoms with Gasteiger partial charge in [0.1, 0.15) is 0 Å². The lowest BCUT2D eigenvalue weighted by molar-refractivity contribution is -0.396. The molecule has 222 valence electrons. The summed E-state index contributed by atoms with van der Waals surface area (Å²) in [6.07, 6.45) is 14.4. The highest BCUT2D eigenvalue weighted by Gasteiger charge is 2.19. The molecule has 12 heteroatoms. The highest BCUT2D eigenvalue weighted by molar-refractivity contribution is 8.76.